The molecule has 0 N–H and O–H groups in total. The molecule has 6 heteroatoms. The summed E-state index contributed by atoms with van der Waals surface area (Å²) in [7, 11) is 0. The molecule has 2 saturated carbocycles. The van der Waals surface area contributed by atoms with E-state index < -0.39 is 6.89 Å². The molecule has 206 valence electrons. The van der Waals surface area contributed by atoms with E-state index in [0.29, 0.717) is 22.4 Å². The molecule has 0 aromatic heterocycles. The van der Waals surface area contributed by atoms with Crippen LogP contribution in [0.25, 0.3) is 0 Å². The van der Waals surface area contributed by atoms with E-state index in [1.165, 1.54) is 76.0 Å². The molecule has 0 bridgehead atoms. The minimum atomic E-state index is -2.58. The van der Waals surface area contributed by atoms with E-state index in [4.69, 9.17) is 17.2 Å². The molecule has 3 aromatic carbocycles. The van der Waals surface area contributed by atoms with E-state index in [0.717, 1.165) is 21.1 Å². The third-order valence-corrected chi connectivity index (χ3v) is 14.5. The van der Waals surface area contributed by atoms with Crippen molar-refractivity contribution in [2.75, 3.05) is 0 Å². The lowest BCUT2D eigenvalue weighted by Crippen LogP contribution is -2.50. The van der Waals surface area contributed by atoms with Gasteiger partial charge in [0.1, 0.15) is 4.99 Å². The Labute approximate surface area is 248 Å². The van der Waals surface area contributed by atoms with Gasteiger partial charge in [-0.15, -0.1) is 0 Å². The van der Waals surface area contributed by atoms with Gasteiger partial charge in [0.05, 0.1) is 5.29 Å². The molecule has 0 radical (unpaired) electrons. The third kappa shape index (κ3) is 5.29. The highest BCUT2D eigenvalue weighted by molar-refractivity contribution is 8.30. The normalized spacial score (nSPS) is 19.4. The van der Waals surface area contributed by atoms with Crippen molar-refractivity contribution in [1.29, 1.82) is 0 Å². The van der Waals surface area contributed by atoms with Crippen molar-refractivity contribution in [3.8, 4) is 0 Å². The Morgan fingerprint density at radius 1 is 0.650 bits per heavy atom. The van der Waals surface area contributed by atoms with Crippen LogP contribution in [0.4, 0.5) is 0 Å². The SMILES string of the molecule is O=C1SC(N(C2CCCCC2)C2CCCCC2)=NC(=S)C1=P(c1ccccc1)(c1ccccc1)c1ccccc1. The second-order valence-electron chi connectivity index (χ2n) is 11.1. The van der Waals surface area contributed by atoms with Crippen LogP contribution in [0.15, 0.2) is 96.0 Å². The van der Waals surface area contributed by atoms with Gasteiger partial charge in [0, 0.05) is 12.1 Å². The molecule has 40 heavy (non-hydrogen) atoms. The first kappa shape index (κ1) is 27.7. The summed E-state index contributed by atoms with van der Waals surface area (Å²) < 4.78 is 0. The maximum atomic E-state index is 14.6. The Hall–Kier alpha value is -2.46. The molecule has 2 fully saturated rings. The number of aliphatic imine (C=N–C) groups is 1. The lowest BCUT2D eigenvalue weighted by molar-refractivity contribution is -0.105. The maximum Gasteiger partial charge on any atom is 0.231 e. The molecule has 3 aliphatic rings. The van der Waals surface area contributed by atoms with Gasteiger partial charge in [-0.1, -0.05) is 142 Å². The Morgan fingerprint density at radius 2 is 1.05 bits per heavy atom. The molecule has 0 amide bonds. The van der Waals surface area contributed by atoms with E-state index in [1.807, 2.05) is 18.2 Å². The lowest BCUT2D eigenvalue weighted by Gasteiger charge is -2.44. The van der Waals surface area contributed by atoms with Gasteiger partial charge in [0.15, 0.2) is 5.17 Å². The highest BCUT2D eigenvalue weighted by Gasteiger charge is 2.41. The molecule has 3 nitrogen and oxygen atoms in total. The van der Waals surface area contributed by atoms with Gasteiger partial charge in [0.2, 0.25) is 5.12 Å². The van der Waals surface area contributed by atoms with Crippen molar-refractivity contribution in [3.63, 3.8) is 0 Å². The predicted molar refractivity (Wildman–Crippen MR) is 178 cm³/mol. The van der Waals surface area contributed by atoms with Gasteiger partial charge in [-0.3, -0.25) is 4.79 Å². The zero-order valence-corrected chi connectivity index (χ0v) is 25.5. The first-order valence-corrected chi connectivity index (χ1v) is 17.8. The summed E-state index contributed by atoms with van der Waals surface area (Å²) in [4.78, 5) is 22.9. The number of benzene rings is 3. The first-order valence-electron chi connectivity index (χ1n) is 14.8. The molecule has 2 aliphatic carbocycles. The average molecular weight is 585 g/mol. The second-order valence-corrected chi connectivity index (χ2v) is 15.8. The minimum Gasteiger partial charge on any atom is -0.345 e. The Balaban J connectivity index is 1.57. The van der Waals surface area contributed by atoms with Crippen molar-refractivity contribution in [2.24, 2.45) is 4.99 Å². The number of thioether (sulfide) groups is 1. The fourth-order valence-electron chi connectivity index (χ4n) is 6.89. The fourth-order valence-corrected chi connectivity index (χ4v) is 13.2. The summed E-state index contributed by atoms with van der Waals surface area (Å²) in [5.74, 6) is 0. The molecule has 1 aliphatic heterocycles. The molecule has 3 aromatic rings. The molecule has 0 unspecified atom stereocenters. The summed E-state index contributed by atoms with van der Waals surface area (Å²) in [5.41, 5.74) is 0. The van der Waals surface area contributed by atoms with Crippen molar-refractivity contribution in [1.82, 2.24) is 4.90 Å². The van der Waals surface area contributed by atoms with Gasteiger partial charge in [-0.05, 0) is 60.2 Å². The summed E-state index contributed by atoms with van der Waals surface area (Å²) in [6.07, 6.45) is 12.4. The number of rotatable bonds is 5. The summed E-state index contributed by atoms with van der Waals surface area (Å²) >= 11 is 7.54. The van der Waals surface area contributed by atoms with Gasteiger partial charge < -0.3 is 4.90 Å². The number of carbonyl (C=O) groups is 1. The number of amidine groups is 1. The minimum absolute atomic E-state index is 0.0662. The van der Waals surface area contributed by atoms with E-state index in [9.17, 15) is 4.79 Å². The van der Waals surface area contributed by atoms with Gasteiger partial charge >= 0.3 is 0 Å². The molecule has 0 atom stereocenters. The average Bonchev–Trinajstić information content (AvgIpc) is 3.01. The number of hydrogen-bond acceptors (Lipinski definition) is 4. The van der Waals surface area contributed by atoms with Crippen LogP contribution in [0.1, 0.15) is 64.2 Å². The van der Waals surface area contributed by atoms with Crippen LogP contribution in [0, 0.1) is 0 Å². The largest absolute Gasteiger partial charge is 0.345 e. The molecule has 0 spiro atoms. The van der Waals surface area contributed by atoms with E-state index in [2.05, 4.69) is 77.7 Å². The van der Waals surface area contributed by atoms with Crippen LogP contribution < -0.4 is 15.9 Å². The van der Waals surface area contributed by atoms with Crippen LogP contribution in [0.2, 0.25) is 0 Å². The molecule has 1 heterocycles. The van der Waals surface area contributed by atoms with Gasteiger partial charge in [-0.2, -0.15) is 0 Å². The third-order valence-electron chi connectivity index (χ3n) is 8.70. The lowest BCUT2D eigenvalue weighted by atomic mass is 9.89. The smallest absolute Gasteiger partial charge is 0.231 e. The molecular weight excluding hydrogens is 547 g/mol. The maximum absolute atomic E-state index is 14.6. The van der Waals surface area contributed by atoms with Crippen LogP contribution in [-0.4, -0.2) is 37.5 Å². The molecule has 0 saturated heterocycles. The topological polar surface area (TPSA) is 32.7 Å². The highest BCUT2D eigenvalue weighted by atomic mass is 32.2. The first-order chi connectivity index (χ1) is 19.7. The number of hydrogen-bond donors (Lipinski definition) is 0. The zero-order valence-electron chi connectivity index (χ0n) is 23.0. The summed E-state index contributed by atoms with van der Waals surface area (Å²) in [6.45, 7) is -2.58. The Kier molecular flexibility index (Phi) is 8.72. The van der Waals surface area contributed by atoms with Crippen molar-refractivity contribution < 1.29 is 4.79 Å². The van der Waals surface area contributed by atoms with Crippen LogP contribution in [-0.2, 0) is 4.79 Å². The van der Waals surface area contributed by atoms with Crippen LogP contribution >= 0.6 is 30.9 Å². The monoisotopic (exact) mass is 584 g/mol. The standard InChI is InChI=1S/C34H37N2OPS2/c37-33-31(32(39)35-34(40-33)36(26-16-6-1-7-17-26)27-18-8-2-9-19-27)38(28-20-10-3-11-21-28,29-22-12-4-13-23-29)30-24-14-5-15-25-30/h3-5,10-15,20-27H,1-2,6-9,16-19H2. The summed E-state index contributed by atoms with van der Waals surface area (Å²) in [6, 6.07) is 32.4. The zero-order chi connectivity index (χ0) is 27.4. The van der Waals surface area contributed by atoms with Crippen LogP contribution in [0.5, 0.6) is 0 Å². The Bertz CT molecular complexity index is 1310. The molecule has 6 rings (SSSR count). The van der Waals surface area contributed by atoms with Crippen molar-refractivity contribution >= 4 is 67.3 Å². The van der Waals surface area contributed by atoms with E-state index in [-0.39, 0.29) is 5.12 Å². The van der Waals surface area contributed by atoms with Crippen LogP contribution in [0.3, 0.4) is 0 Å². The Morgan fingerprint density at radius 3 is 1.43 bits per heavy atom. The number of thiocarbonyl (C=S) groups is 1. The van der Waals surface area contributed by atoms with Crippen molar-refractivity contribution in [2.45, 2.75) is 76.3 Å². The van der Waals surface area contributed by atoms with Gasteiger partial charge in [-0.25, -0.2) is 4.99 Å². The summed E-state index contributed by atoms with van der Waals surface area (Å²) in [5, 5.41) is 5.02. The highest BCUT2D eigenvalue weighted by Crippen LogP contribution is 2.48. The fraction of sp³-hybridized carbons (Fsp3) is 0.353. The van der Waals surface area contributed by atoms with Gasteiger partial charge in [0.25, 0.3) is 0 Å². The second kappa shape index (κ2) is 12.6. The quantitative estimate of drug-likeness (QED) is 0.237. The number of nitrogens with zero attached hydrogens (tertiary/aromatic N) is 2. The number of carbonyl (C=O) groups excluding carboxylic acids is 1. The molecular formula is C34H37N2OPS2. The van der Waals surface area contributed by atoms with E-state index in [1.54, 1.807) is 0 Å². The predicted octanol–water partition coefficient (Wildman–Crippen LogP) is 7.08. The van der Waals surface area contributed by atoms with E-state index >= 15 is 0 Å². The van der Waals surface area contributed by atoms with Crippen molar-refractivity contribution in [3.05, 3.63) is 91.0 Å².